The lowest BCUT2D eigenvalue weighted by molar-refractivity contribution is 0.0550. The average molecular weight is 239 g/mol. The second-order valence-corrected chi connectivity index (χ2v) is 5.00. The molecule has 0 aromatic heterocycles. The summed E-state index contributed by atoms with van der Waals surface area (Å²) in [6.45, 7) is 6.87. The van der Waals surface area contributed by atoms with E-state index in [1.807, 2.05) is 6.92 Å². The fraction of sp³-hybridized carbons (Fsp3) is 0.778. The highest BCUT2D eigenvalue weighted by Gasteiger charge is 2.81. The molecule has 2 heterocycles. The van der Waals surface area contributed by atoms with Crippen LogP contribution >= 0.6 is 23.2 Å². The molecule has 2 aliphatic rings. The number of rotatable bonds is 5. The van der Waals surface area contributed by atoms with E-state index in [0.717, 1.165) is 0 Å². The predicted octanol–water partition coefficient (Wildman–Crippen LogP) is 1.88. The number of epoxide rings is 2. The van der Waals surface area contributed by atoms with Crippen molar-refractivity contribution in [2.75, 3.05) is 19.8 Å². The fourth-order valence-electron chi connectivity index (χ4n) is 1.48. The third-order valence-electron chi connectivity index (χ3n) is 2.78. The molecule has 0 N–H and O–H groups in total. The van der Waals surface area contributed by atoms with Crippen molar-refractivity contribution in [3.8, 4) is 0 Å². The van der Waals surface area contributed by atoms with Crippen molar-refractivity contribution < 1.29 is 14.2 Å². The van der Waals surface area contributed by atoms with Gasteiger partial charge in [0, 0.05) is 0 Å². The van der Waals surface area contributed by atoms with Crippen LogP contribution in [-0.4, -0.2) is 35.5 Å². The molecule has 0 aromatic carbocycles. The standard InChI is InChI=1S/C9H12Cl2O3/c1-3-4-12-5-8(6-13-8)7(2)9(10,11)14-7/h3H,1,4-6H2,2H3. The van der Waals surface area contributed by atoms with E-state index in [-0.39, 0.29) is 0 Å². The molecule has 0 bridgehead atoms. The van der Waals surface area contributed by atoms with Crippen LogP contribution in [0.3, 0.4) is 0 Å². The Labute approximate surface area is 92.9 Å². The monoisotopic (exact) mass is 238 g/mol. The maximum Gasteiger partial charge on any atom is 0.250 e. The molecule has 2 fully saturated rings. The zero-order valence-corrected chi connectivity index (χ0v) is 9.40. The highest BCUT2D eigenvalue weighted by molar-refractivity contribution is 6.50. The normalized spacial score (nSPS) is 43.4. The summed E-state index contributed by atoms with van der Waals surface area (Å²) in [6.07, 6.45) is 1.68. The third kappa shape index (κ3) is 1.39. The molecule has 3 nitrogen and oxygen atoms in total. The smallest absolute Gasteiger partial charge is 0.250 e. The van der Waals surface area contributed by atoms with Crippen molar-refractivity contribution in [2.24, 2.45) is 0 Å². The van der Waals surface area contributed by atoms with E-state index in [1.165, 1.54) is 0 Å². The maximum absolute atomic E-state index is 5.87. The van der Waals surface area contributed by atoms with E-state index < -0.39 is 15.7 Å². The summed E-state index contributed by atoms with van der Waals surface area (Å²) in [6, 6.07) is 0. The molecule has 2 atom stereocenters. The number of ether oxygens (including phenoxy) is 3. The summed E-state index contributed by atoms with van der Waals surface area (Å²) in [5.41, 5.74) is -1.12. The van der Waals surface area contributed by atoms with Crippen LogP contribution in [0.15, 0.2) is 12.7 Å². The molecule has 2 saturated heterocycles. The Morgan fingerprint density at radius 2 is 2.14 bits per heavy atom. The van der Waals surface area contributed by atoms with Crippen LogP contribution in [0.2, 0.25) is 0 Å². The molecule has 2 rings (SSSR count). The fourth-order valence-corrected chi connectivity index (χ4v) is 2.13. The van der Waals surface area contributed by atoms with Gasteiger partial charge in [-0.1, -0.05) is 29.3 Å². The van der Waals surface area contributed by atoms with Gasteiger partial charge in [0.1, 0.15) is 5.60 Å². The second-order valence-electron chi connectivity index (χ2n) is 3.74. The minimum absolute atomic E-state index is 0.427. The second kappa shape index (κ2) is 3.09. The Balaban J connectivity index is 1.94. The van der Waals surface area contributed by atoms with E-state index >= 15 is 0 Å². The summed E-state index contributed by atoms with van der Waals surface area (Å²) in [7, 11) is 0. The zero-order chi connectivity index (χ0) is 10.4. The van der Waals surface area contributed by atoms with Crippen LogP contribution in [0.4, 0.5) is 0 Å². The average Bonchev–Trinajstić information content (AvgIpc) is 2.94. The molecule has 0 aliphatic carbocycles. The van der Waals surface area contributed by atoms with Crippen molar-refractivity contribution in [1.29, 1.82) is 0 Å². The lowest BCUT2D eigenvalue weighted by atomic mass is 9.96. The molecule has 0 aromatic rings. The van der Waals surface area contributed by atoms with Gasteiger partial charge in [-0.3, -0.25) is 0 Å². The van der Waals surface area contributed by atoms with Gasteiger partial charge in [-0.15, -0.1) is 6.58 Å². The Morgan fingerprint density at radius 1 is 1.57 bits per heavy atom. The molecule has 2 unspecified atom stereocenters. The number of halogens is 2. The molecule has 5 heteroatoms. The topological polar surface area (TPSA) is 34.3 Å². The summed E-state index contributed by atoms with van der Waals surface area (Å²) >= 11 is 11.7. The quantitative estimate of drug-likeness (QED) is 0.318. The Kier molecular flexibility index (Phi) is 2.37. The van der Waals surface area contributed by atoms with Crippen LogP contribution < -0.4 is 0 Å². The van der Waals surface area contributed by atoms with E-state index in [2.05, 4.69) is 6.58 Å². The Hall–Kier alpha value is 0.200. The van der Waals surface area contributed by atoms with Gasteiger partial charge in [-0.05, 0) is 6.92 Å². The van der Waals surface area contributed by atoms with Gasteiger partial charge in [0.15, 0.2) is 5.60 Å². The van der Waals surface area contributed by atoms with Gasteiger partial charge in [0.2, 0.25) is 0 Å². The summed E-state index contributed by atoms with van der Waals surface area (Å²) in [5.74, 6) is 0. The van der Waals surface area contributed by atoms with E-state index in [4.69, 9.17) is 37.4 Å². The van der Waals surface area contributed by atoms with Crippen LogP contribution in [0.25, 0.3) is 0 Å². The van der Waals surface area contributed by atoms with Crippen molar-refractivity contribution in [3.05, 3.63) is 12.7 Å². The summed E-state index contributed by atoms with van der Waals surface area (Å²) in [4.78, 5) is 0. The first kappa shape index (κ1) is 10.7. The SMILES string of the molecule is C=CCOCC1(C2(C)OC2(Cl)Cl)CO1. The van der Waals surface area contributed by atoms with E-state index in [1.54, 1.807) is 6.08 Å². The molecular weight excluding hydrogens is 227 g/mol. The summed E-state index contributed by atoms with van der Waals surface area (Å²) in [5, 5.41) is 0. The first-order chi connectivity index (χ1) is 6.47. The van der Waals surface area contributed by atoms with Crippen LogP contribution in [-0.2, 0) is 14.2 Å². The first-order valence-electron chi connectivity index (χ1n) is 4.38. The molecule has 80 valence electrons. The lowest BCUT2D eigenvalue weighted by Crippen LogP contribution is -2.38. The Morgan fingerprint density at radius 3 is 2.50 bits per heavy atom. The van der Waals surface area contributed by atoms with Crippen molar-refractivity contribution in [3.63, 3.8) is 0 Å². The van der Waals surface area contributed by atoms with Gasteiger partial charge in [-0.2, -0.15) is 0 Å². The summed E-state index contributed by atoms with van der Waals surface area (Å²) < 4.78 is 14.8. The predicted molar refractivity (Wildman–Crippen MR) is 53.6 cm³/mol. The molecule has 0 amide bonds. The van der Waals surface area contributed by atoms with Crippen molar-refractivity contribution in [2.45, 2.75) is 22.6 Å². The van der Waals surface area contributed by atoms with Gasteiger partial charge < -0.3 is 14.2 Å². The van der Waals surface area contributed by atoms with Crippen molar-refractivity contribution in [1.82, 2.24) is 0 Å². The zero-order valence-electron chi connectivity index (χ0n) is 7.89. The first-order valence-corrected chi connectivity index (χ1v) is 5.14. The lowest BCUT2D eigenvalue weighted by Gasteiger charge is -2.16. The molecule has 14 heavy (non-hydrogen) atoms. The van der Waals surface area contributed by atoms with Gasteiger partial charge in [0.05, 0.1) is 19.8 Å². The van der Waals surface area contributed by atoms with Gasteiger partial charge in [0.25, 0.3) is 4.52 Å². The van der Waals surface area contributed by atoms with Crippen LogP contribution in [0, 0.1) is 0 Å². The molecule has 0 spiro atoms. The van der Waals surface area contributed by atoms with Crippen LogP contribution in [0.5, 0.6) is 0 Å². The molecule has 0 radical (unpaired) electrons. The number of hydrogen-bond acceptors (Lipinski definition) is 3. The van der Waals surface area contributed by atoms with E-state index in [9.17, 15) is 0 Å². The Bertz CT molecular complexity index is 263. The largest absolute Gasteiger partial charge is 0.374 e. The van der Waals surface area contributed by atoms with Gasteiger partial charge >= 0.3 is 0 Å². The molecular formula is C9H12Cl2O3. The highest BCUT2D eigenvalue weighted by Crippen LogP contribution is 2.64. The third-order valence-corrected chi connectivity index (χ3v) is 3.65. The number of hydrogen-bond donors (Lipinski definition) is 0. The minimum atomic E-state index is -1.14. The van der Waals surface area contributed by atoms with Gasteiger partial charge in [-0.25, -0.2) is 0 Å². The van der Waals surface area contributed by atoms with Crippen molar-refractivity contribution >= 4 is 23.2 Å². The maximum atomic E-state index is 5.87. The molecule has 0 saturated carbocycles. The van der Waals surface area contributed by atoms with Crippen LogP contribution in [0.1, 0.15) is 6.92 Å². The number of alkyl halides is 2. The molecule has 2 aliphatic heterocycles. The van der Waals surface area contributed by atoms with E-state index in [0.29, 0.717) is 19.8 Å². The minimum Gasteiger partial charge on any atom is -0.374 e. The highest BCUT2D eigenvalue weighted by atomic mass is 35.5.